The summed E-state index contributed by atoms with van der Waals surface area (Å²) in [4.78, 5) is 24.3. The Bertz CT molecular complexity index is 682. The number of methoxy groups -OCH3 is 2. The van der Waals surface area contributed by atoms with E-state index in [2.05, 4.69) is 9.47 Å². The number of carbonyl (C=O) groups is 2. The molecule has 0 heterocycles. The van der Waals surface area contributed by atoms with Crippen molar-refractivity contribution in [1.82, 2.24) is 0 Å². The lowest BCUT2D eigenvalue weighted by Gasteiger charge is -2.18. The molecule has 2 N–H and O–H groups in total. The summed E-state index contributed by atoms with van der Waals surface area (Å²) in [7, 11) is 2.40. The van der Waals surface area contributed by atoms with Gasteiger partial charge in [0.1, 0.15) is 0 Å². The topological polar surface area (TPSA) is 81.9 Å². The minimum absolute atomic E-state index is 0.369. The van der Waals surface area contributed by atoms with Crippen LogP contribution in [0.15, 0.2) is 48.5 Å². The fraction of sp³-hybridized carbons (Fsp3) is 0.176. The van der Waals surface area contributed by atoms with Gasteiger partial charge >= 0.3 is 12.2 Å². The average molecular weight is 314 g/mol. The van der Waals surface area contributed by atoms with Crippen LogP contribution in [0.3, 0.4) is 0 Å². The maximum absolute atomic E-state index is 11.7. The molecule has 0 bridgehead atoms. The summed E-state index contributed by atoms with van der Waals surface area (Å²) in [5, 5.41) is 0. The lowest BCUT2D eigenvalue weighted by atomic mass is 10.0. The summed E-state index contributed by atoms with van der Waals surface area (Å²) < 4.78 is 9.20. The number of anilines is 2. The SMILES string of the molecule is COC(=O)N(C(=O)OC)c1ccc(Cc2ccccc2N)cc1. The highest BCUT2D eigenvalue weighted by Crippen LogP contribution is 2.21. The molecule has 0 fully saturated rings. The van der Waals surface area contributed by atoms with E-state index in [0.29, 0.717) is 12.1 Å². The first kappa shape index (κ1) is 16.4. The van der Waals surface area contributed by atoms with Crippen LogP contribution < -0.4 is 10.6 Å². The van der Waals surface area contributed by atoms with Gasteiger partial charge in [-0.25, -0.2) is 9.59 Å². The van der Waals surface area contributed by atoms with Crippen molar-refractivity contribution in [1.29, 1.82) is 0 Å². The van der Waals surface area contributed by atoms with Gasteiger partial charge in [-0.15, -0.1) is 0 Å². The first-order chi connectivity index (χ1) is 11.1. The molecule has 120 valence electrons. The van der Waals surface area contributed by atoms with Gasteiger partial charge in [0, 0.05) is 5.69 Å². The lowest BCUT2D eigenvalue weighted by Crippen LogP contribution is -2.36. The third kappa shape index (κ3) is 3.79. The van der Waals surface area contributed by atoms with Crippen LogP contribution in [0.25, 0.3) is 0 Å². The molecule has 0 radical (unpaired) electrons. The molecule has 2 aromatic carbocycles. The Balaban J connectivity index is 2.22. The van der Waals surface area contributed by atoms with Crippen LogP contribution in [-0.4, -0.2) is 26.4 Å². The predicted octanol–water partition coefficient (Wildman–Crippen LogP) is 3.20. The number of amides is 2. The van der Waals surface area contributed by atoms with Crippen LogP contribution >= 0.6 is 0 Å². The van der Waals surface area contributed by atoms with E-state index >= 15 is 0 Å². The van der Waals surface area contributed by atoms with E-state index in [1.165, 1.54) is 14.2 Å². The number of nitrogens with zero attached hydrogens (tertiary/aromatic N) is 1. The van der Waals surface area contributed by atoms with Crippen molar-refractivity contribution < 1.29 is 19.1 Å². The van der Waals surface area contributed by atoms with E-state index in [4.69, 9.17) is 5.73 Å². The van der Waals surface area contributed by atoms with Crippen molar-refractivity contribution in [2.75, 3.05) is 24.9 Å². The minimum Gasteiger partial charge on any atom is -0.452 e. The van der Waals surface area contributed by atoms with Crippen molar-refractivity contribution in [2.45, 2.75) is 6.42 Å². The van der Waals surface area contributed by atoms with Crippen LogP contribution in [0.4, 0.5) is 21.0 Å². The standard InChI is InChI=1S/C17H18N2O4/c1-22-16(20)19(17(21)23-2)14-9-7-12(8-10-14)11-13-5-3-4-6-15(13)18/h3-10H,11,18H2,1-2H3. The minimum atomic E-state index is -0.808. The molecule has 0 atom stereocenters. The Labute approximate surface area is 134 Å². The van der Waals surface area contributed by atoms with Gasteiger partial charge in [-0.1, -0.05) is 30.3 Å². The van der Waals surface area contributed by atoms with E-state index in [-0.39, 0.29) is 0 Å². The Hall–Kier alpha value is -3.02. The Morgan fingerprint density at radius 1 is 0.957 bits per heavy atom. The van der Waals surface area contributed by atoms with Crippen LogP contribution in [0.5, 0.6) is 0 Å². The second-order valence-corrected chi connectivity index (χ2v) is 4.82. The van der Waals surface area contributed by atoms with Crippen LogP contribution in [0.2, 0.25) is 0 Å². The number of carbonyl (C=O) groups excluding carboxylic acids is 2. The quantitative estimate of drug-likeness (QED) is 0.880. The molecule has 0 saturated heterocycles. The monoisotopic (exact) mass is 314 g/mol. The fourth-order valence-corrected chi connectivity index (χ4v) is 2.15. The first-order valence-corrected chi connectivity index (χ1v) is 6.95. The molecule has 2 rings (SSSR count). The smallest absolute Gasteiger partial charge is 0.423 e. The summed E-state index contributed by atoms with van der Waals surface area (Å²) in [5.74, 6) is 0. The van der Waals surface area contributed by atoms with E-state index < -0.39 is 12.2 Å². The molecule has 0 aliphatic carbocycles. The molecular formula is C17H18N2O4. The molecule has 6 nitrogen and oxygen atoms in total. The predicted molar refractivity (Wildman–Crippen MR) is 87.4 cm³/mol. The molecule has 23 heavy (non-hydrogen) atoms. The third-order valence-electron chi connectivity index (χ3n) is 3.36. The number of para-hydroxylation sites is 1. The fourth-order valence-electron chi connectivity index (χ4n) is 2.15. The van der Waals surface area contributed by atoms with Crippen LogP contribution in [0, 0.1) is 0 Å². The normalized spacial score (nSPS) is 10.0. The number of imide groups is 1. The van der Waals surface area contributed by atoms with Gasteiger partial charge in [-0.2, -0.15) is 4.90 Å². The highest BCUT2D eigenvalue weighted by molar-refractivity contribution is 6.09. The van der Waals surface area contributed by atoms with Gasteiger partial charge in [0.2, 0.25) is 0 Å². The zero-order valence-electron chi connectivity index (χ0n) is 13.0. The van der Waals surface area contributed by atoms with Crippen molar-refractivity contribution >= 4 is 23.6 Å². The summed E-state index contributed by atoms with van der Waals surface area (Å²) in [6.07, 6.45) is -0.961. The number of ether oxygens (including phenoxy) is 2. The zero-order valence-corrected chi connectivity index (χ0v) is 13.0. The third-order valence-corrected chi connectivity index (χ3v) is 3.36. The van der Waals surface area contributed by atoms with Gasteiger partial charge in [0.25, 0.3) is 0 Å². The number of hydrogen-bond acceptors (Lipinski definition) is 5. The van der Waals surface area contributed by atoms with Gasteiger partial charge in [0.05, 0.1) is 19.9 Å². The van der Waals surface area contributed by atoms with Crippen molar-refractivity contribution in [3.63, 3.8) is 0 Å². The Morgan fingerprint density at radius 2 is 1.52 bits per heavy atom. The van der Waals surface area contributed by atoms with Gasteiger partial charge < -0.3 is 15.2 Å². The summed E-state index contributed by atoms with van der Waals surface area (Å²) in [6.45, 7) is 0. The first-order valence-electron chi connectivity index (χ1n) is 6.95. The number of benzene rings is 2. The van der Waals surface area contributed by atoms with Crippen molar-refractivity contribution in [3.8, 4) is 0 Å². The molecular weight excluding hydrogens is 296 g/mol. The summed E-state index contributed by atoms with van der Waals surface area (Å²) in [5.41, 5.74) is 9.04. The number of nitrogen functional groups attached to an aromatic ring is 1. The van der Waals surface area contributed by atoms with E-state index in [1.54, 1.807) is 12.1 Å². The van der Waals surface area contributed by atoms with E-state index in [1.807, 2.05) is 36.4 Å². The lowest BCUT2D eigenvalue weighted by molar-refractivity contribution is 0.159. The number of hydrogen-bond donors (Lipinski definition) is 1. The second-order valence-electron chi connectivity index (χ2n) is 4.82. The van der Waals surface area contributed by atoms with Crippen molar-refractivity contribution in [2.24, 2.45) is 0 Å². The average Bonchev–Trinajstić information content (AvgIpc) is 2.58. The largest absolute Gasteiger partial charge is 0.452 e. The maximum Gasteiger partial charge on any atom is 0.423 e. The molecule has 0 aliphatic heterocycles. The number of nitrogens with two attached hydrogens (primary N) is 1. The number of rotatable bonds is 3. The molecule has 0 saturated carbocycles. The maximum atomic E-state index is 11.7. The Kier molecular flexibility index (Phi) is 5.19. The molecule has 0 unspecified atom stereocenters. The molecule has 0 aromatic heterocycles. The van der Waals surface area contributed by atoms with E-state index in [0.717, 1.165) is 21.7 Å². The zero-order chi connectivity index (χ0) is 16.8. The van der Waals surface area contributed by atoms with Gasteiger partial charge in [-0.05, 0) is 35.7 Å². The van der Waals surface area contributed by atoms with Gasteiger partial charge in [0.15, 0.2) is 0 Å². The highest BCUT2D eigenvalue weighted by Gasteiger charge is 2.24. The molecule has 6 heteroatoms. The van der Waals surface area contributed by atoms with Crippen LogP contribution in [-0.2, 0) is 15.9 Å². The van der Waals surface area contributed by atoms with Crippen LogP contribution in [0.1, 0.15) is 11.1 Å². The second kappa shape index (κ2) is 7.31. The highest BCUT2D eigenvalue weighted by atomic mass is 16.6. The van der Waals surface area contributed by atoms with E-state index in [9.17, 15) is 9.59 Å². The summed E-state index contributed by atoms with van der Waals surface area (Å²) >= 11 is 0. The van der Waals surface area contributed by atoms with Gasteiger partial charge in [-0.3, -0.25) is 0 Å². The Morgan fingerprint density at radius 3 is 2.04 bits per heavy atom. The molecule has 0 spiro atoms. The summed E-state index contributed by atoms with van der Waals surface area (Å²) in [6, 6.07) is 14.6. The molecule has 2 amide bonds. The molecule has 2 aromatic rings. The van der Waals surface area contributed by atoms with Crippen molar-refractivity contribution in [3.05, 3.63) is 59.7 Å². The molecule has 0 aliphatic rings.